The van der Waals surface area contributed by atoms with Gasteiger partial charge in [-0.1, -0.05) is 0 Å². The smallest absolute Gasteiger partial charge is 0.462 e. The molecule has 0 bridgehead atoms. The number of carbonyl (C=O) groups is 1. The summed E-state index contributed by atoms with van der Waals surface area (Å²) in [5, 5.41) is 8.73. The molecule has 0 aliphatic rings. The molecule has 0 saturated heterocycles. The predicted octanol–water partition coefficient (Wildman–Crippen LogP) is 2.92. The molecule has 0 N–H and O–H groups in total. The largest absolute Gasteiger partial charge is 0.573 e. The highest BCUT2D eigenvalue weighted by Gasteiger charge is 2.33. The average molecular weight is 291 g/mol. The number of thiol groups is 1. The Morgan fingerprint density at radius 1 is 1.47 bits per heavy atom. The van der Waals surface area contributed by atoms with Crippen molar-refractivity contribution in [2.24, 2.45) is 0 Å². The van der Waals surface area contributed by atoms with Gasteiger partial charge in [-0.2, -0.15) is 5.26 Å². The Labute approximate surface area is 112 Å². The molecule has 0 amide bonds. The zero-order chi connectivity index (χ0) is 14.6. The van der Waals surface area contributed by atoms with E-state index in [-0.39, 0.29) is 22.6 Å². The molecule has 1 aromatic carbocycles. The van der Waals surface area contributed by atoms with E-state index in [2.05, 4.69) is 22.1 Å². The lowest BCUT2D eigenvalue weighted by atomic mass is 10.1. The number of carbonyl (C=O) groups excluding carboxylic acids is 1. The zero-order valence-electron chi connectivity index (χ0n) is 9.61. The van der Waals surface area contributed by atoms with Crippen molar-refractivity contribution in [3.05, 3.63) is 23.3 Å². The van der Waals surface area contributed by atoms with Crippen LogP contribution >= 0.6 is 12.6 Å². The molecule has 0 aromatic heterocycles. The normalized spacial score (nSPS) is 10.7. The van der Waals surface area contributed by atoms with E-state index in [4.69, 9.17) is 5.26 Å². The maximum atomic E-state index is 12.2. The highest BCUT2D eigenvalue weighted by Crippen LogP contribution is 2.30. The first-order chi connectivity index (χ1) is 8.78. The third kappa shape index (κ3) is 4.06. The molecule has 0 aliphatic heterocycles. The standard InChI is InChI=1S/C11H8F3NO3S/c1-2-17-10(16)7-4-8(18-11(12,13)14)6(5-15)3-9(7)19/h3-4,19H,2H2,1H3. The van der Waals surface area contributed by atoms with Crippen LogP contribution in [0.25, 0.3) is 0 Å². The summed E-state index contributed by atoms with van der Waals surface area (Å²) in [4.78, 5) is 11.5. The van der Waals surface area contributed by atoms with Crippen molar-refractivity contribution in [2.75, 3.05) is 6.61 Å². The van der Waals surface area contributed by atoms with E-state index in [0.29, 0.717) is 0 Å². The Bertz CT molecular complexity index is 537. The van der Waals surface area contributed by atoms with Crippen LogP contribution in [0.3, 0.4) is 0 Å². The minimum absolute atomic E-state index is 0.0320. The van der Waals surface area contributed by atoms with Gasteiger partial charge in [-0.05, 0) is 19.1 Å². The lowest BCUT2D eigenvalue weighted by molar-refractivity contribution is -0.274. The van der Waals surface area contributed by atoms with E-state index in [1.807, 2.05) is 0 Å². The summed E-state index contributed by atoms with van der Waals surface area (Å²) in [5.74, 6) is -1.61. The van der Waals surface area contributed by atoms with Crippen LogP contribution in [0.15, 0.2) is 17.0 Å². The molecular weight excluding hydrogens is 283 g/mol. The van der Waals surface area contributed by atoms with E-state index in [1.54, 1.807) is 6.92 Å². The number of hydrogen-bond donors (Lipinski definition) is 1. The van der Waals surface area contributed by atoms with Crippen LogP contribution in [0.1, 0.15) is 22.8 Å². The van der Waals surface area contributed by atoms with Crippen LogP contribution in [-0.2, 0) is 4.74 Å². The fraction of sp³-hybridized carbons (Fsp3) is 0.273. The van der Waals surface area contributed by atoms with Crippen molar-refractivity contribution in [2.45, 2.75) is 18.2 Å². The molecule has 8 heteroatoms. The molecule has 0 saturated carbocycles. The van der Waals surface area contributed by atoms with Crippen molar-refractivity contribution >= 4 is 18.6 Å². The summed E-state index contributed by atoms with van der Waals surface area (Å²) in [6.07, 6.45) is -4.96. The SMILES string of the molecule is CCOC(=O)c1cc(OC(F)(F)F)c(C#N)cc1S. The highest BCUT2D eigenvalue weighted by atomic mass is 32.1. The van der Waals surface area contributed by atoms with Crippen molar-refractivity contribution in [1.29, 1.82) is 5.26 Å². The minimum atomic E-state index is -4.96. The summed E-state index contributed by atoms with van der Waals surface area (Å²) < 4.78 is 44.9. The number of esters is 1. The van der Waals surface area contributed by atoms with E-state index in [0.717, 1.165) is 12.1 Å². The molecule has 1 rings (SSSR count). The lowest BCUT2D eigenvalue weighted by Gasteiger charge is -2.12. The first-order valence-corrected chi connectivity index (χ1v) is 5.43. The van der Waals surface area contributed by atoms with Gasteiger partial charge in [0.15, 0.2) is 0 Å². The summed E-state index contributed by atoms with van der Waals surface area (Å²) >= 11 is 3.92. The third-order valence-corrected chi connectivity index (χ3v) is 2.31. The number of rotatable bonds is 3. The van der Waals surface area contributed by atoms with Crippen LogP contribution in [0.2, 0.25) is 0 Å². The minimum Gasteiger partial charge on any atom is -0.462 e. The van der Waals surface area contributed by atoms with Crippen LogP contribution in [0.5, 0.6) is 5.75 Å². The van der Waals surface area contributed by atoms with Gasteiger partial charge in [-0.3, -0.25) is 0 Å². The van der Waals surface area contributed by atoms with Gasteiger partial charge in [0.2, 0.25) is 0 Å². The van der Waals surface area contributed by atoms with Crippen LogP contribution < -0.4 is 4.74 Å². The molecule has 0 fully saturated rings. The molecule has 0 aliphatic carbocycles. The molecule has 0 heterocycles. The first-order valence-electron chi connectivity index (χ1n) is 4.98. The summed E-state index contributed by atoms with van der Waals surface area (Å²) in [6.45, 7) is 1.61. The molecule has 0 atom stereocenters. The lowest BCUT2D eigenvalue weighted by Crippen LogP contribution is -2.18. The first kappa shape index (κ1) is 15.2. The average Bonchev–Trinajstić information content (AvgIpc) is 2.29. The number of halogens is 3. The van der Waals surface area contributed by atoms with E-state index >= 15 is 0 Å². The summed E-state index contributed by atoms with van der Waals surface area (Å²) in [5.41, 5.74) is -0.584. The van der Waals surface area contributed by atoms with Crippen molar-refractivity contribution < 1.29 is 27.4 Å². The fourth-order valence-corrected chi connectivity index (χ4v) is 1.52. The molecular formula is C11H8F3NO3S. The monoisotopic (exact) mass is 291 g/mol. The topological polar surface area (TPSA) is 59.3 Å². The molecule has 19 heavy (non-hydrogen) atoms. The second-order valence-corrected chi connectivity index (χ2v) is 3.73. The number of benzene rings is 1. The van der Waals surface area contributed by atoms with Gasteiger partial charge in [0, 0.05) is 4.90 Å². The predicted molar refractivity (Wildman–Crippen MR) is 61.0 cm³/mol. The van der Waals surface area contributed by atoms with E-state index in [1.165, 1.54) is 6.07 Å². The quantitative estimate of drug-likeness (QED) is 0.687. The Kier molecular flexibility index (Phi) is 4.67. The van der Waals surface area contributed by atoms with Gasteiger partial charge >= 0.3 is 12.3 Å². The summed E-state index contributed by atoms with van der Waals surface area (Å²) in [6, 6.07) is 3.33. The molecule has 4 nitrogen and oxygen atoms in total. The Balaban J connectivity index is 3.26. The number of nitriles is 1. The van der Waals surface area contributed by atoms with Gasteiger partial charge in [0.1, 0.15) is 11.8 Å². The van der Waals surface area contributed by atoms with Crippen molar-refractivity contribution in [3.63, 3.8) is 0 Å². The van der Waals surface area contributed by atoms with Gasteiger partial charge in [0.25, 0.3) is 0 Å². The zero-order valence-corrected chi connectivity index (χ0v) is 10.5. The maximum absolute atomic E-state index is 12.2. The number of nitrogens with zero attached hydrogens (tertiary/aromatic N) is 1. The molecule has 1 aromatic rings. The maximum Gasteiger partial charge on any atom is 0.573 e. The van der Waals surface area contributed by atoms with Crippen LogP contribution in [-0.4, -0.2) is 18.9 Å². The molecule has 0 unspecified atom stereocenters. The molecule has 0 spiro atoms. The van der Waals surface area contributed by atoms with Crippen molar-refractivity contribution in [1.82, 2.24) is 0 Å². The van der Waals surface area contributed by atoms with Gasteiger partial charge in [-0.15, -0.1) is 25.8 Å². The second kappa shape index (κ2) is 5.84. The highest BCUT2D eigenvalue weighted by molar-refractivity contribution is 7.80. The van der Waals surface area contributed by atoms with Crippen molar-refractivity contribution in [3.8, 4) is 11.8 Å². The van der Waals surface area contributed by atoms with Gasteiger partial charge < -0.3 is 9.47 Å². The molecule has 0 radical (unpaired) electrons. The summed E-state index contributed by atoms with van der Waals surface area (Å²) in [7, 11) is 0. The third-order valence-electron chi connectivity index (χ3n) is 1.94. The Morgan fingerprint density at radius 3 is 2.58 bits per heavy atom. The fourth-order valence-electron chi connectivity index (χ4n) is 1.24. The number of ether oxygens (including phenoxy) is 2. The Hall–Kier alpha value is -1.88. The number of hydrogen-bond acceptors (Lipinski definition) is 5. The number of alkyl halides is 3. The van der Waals surface area contributed by atoms with E-state index < -0.39 is 18.1 Å². The Morgan fingerprint density at radius 2 is 2.11 bits per heavy atom. The molecule has 102 valence electrons. The second-order valence-electron chi connectivity index (χ2n) is 3.25. The van der Waals surface area contributed by atoms with Crippen LogP contribution in [0.4, 0.5) is 13.2 Å². The van der Waals surface area contributed by atoms with Gasteiger partial charge in [0.05, 0.1) is 17.7 Å². The van der Waals surface area contributed by atoms with E-state index in [9.17, 15) is 18.0 Å². The van der Waals surface area contributed by atoms with Crippen LogP contribution in [0, 0.1) is 11.3 Å². The van der Waals surface area contributed by atoms with Gasteiger partial charge in [-0.25, -0.2) is 4.79 Å².